The number of aliphatic hydroxyl groups is 1. The van der Waals surface area contributed by atoms with Crippen LogP contribution in [0.15, 0.2) is 24.3 Å². The Kier molecular flexibility index (Phi) is 16.5. The van der Waals surface area contributed by atoms with E-state index in [1.54, 1.807) is 12.2 Å². The minimum atomic E-state index is -0.295. The summed E-state index contributed by atoms with van der Waals surface area (Å²) in [4.78, 5) is 10.5. The first kappa shape index (κ1) is 21.0. The van der Waals surface area contributed by atoms with E-state index in [2.05, 4.69) is 35.8 Å². The van der Waals surface area contributed by atoms with Gasteiger partial charge in [0.2, 0.25) is 0 Å². The van der Waals surface area contributed by atoms with Crippen LogP contribution in [0, 0.1) is 23.7 Å². The average molecular weight is 316 g/mol. The third-order valence-corrected chi connectivity index (χ3v) is 2.97. The fourth-order valence-electron chi connectivity index (χ4n) is 1.79. The van der Waals surface area contributed by atoms with Gasteiger partial charge in [-0.05, 0) is 43.3 Å². The number of aliphatic hydroxyl groups excluding tert-OH is 1. The van der Waals surface area contributed by atoms with Crippen LogP contribution in [0.3, 0.4) is 0 Å². The molecule has 0 amide bonds. The van der Waals surface area contributed by atoms with Crippen LogP contribution in [0.4, 0.5) is 0 Å². The number of unbranched alkanes of at least 4 members (excludes halogenated alkanes) is 6. The number of rotatable bonds is 11. The molecule has 0 saturated carbocycles. The first-order valence-electron chi connectivity index (χ1n) is 8.30. The monoisotopic (exact) mass is 316 g/mol. The van der Waals surface area contributed by atoms with Crippen molar-refractivity contribution < 1.29 is 14.6 Å². The van der Waals surface area contributed by atoms with Gasteiger partial charge in [0.15, 0.2) is 0 Å². The zero-order valence-corrected chi connectivity index (χ0v) is 14.1. The molecule has 0 aliphatic carbocycles. The molecule has 3 nitrogen and oxygen atoms in total. The van der Waals surface area contributed by atoms with Crippen LogP contribution in [-0.4, -0.2) is 24.3 Å². The number of hydrogen-bond donors (Lipinski definition) is 1. The molecule has 0 fully saturated rings. The van der Waals surface area contributed by atoms with Gasteiger partial charge in [0.25, 0.3) is 0 Å². The van der Waals surface area contributed by atoms with Crippen LogP contribution >= 0.6 is 0 Å². The van der Waals surface area contributed by atoms with Crippen molar-refractivity contribution in [3.8, 4) is 23.7 Å². The van der Waals surface area contributed by atoms with Crippen LogP contribution in [0.2, 0.25) is 0 Å². The van der Waals surface area contributed by atoms with Gasteiger partial charge < -0.3 is 9.84 Å². The summed E-state index contributed by atoms with van der Waals surface area (Å²) in [5, 5.41) is 8.66. The molecule has 0 atom stereocenters. The molecule has 0 saturated heterocycles. The van der Waals surface area contributed by atoms with Crippen LogP contribution in [0.25, 0.3) is 0 Å². The molecule has 1 N–H and O–H groups in total. The van der Waals surface area contributed by atoms with Gasteiger partial charge in [0.1, 0.15) is 6.61 Å². The molecular formula is C20H28O3. The van der Waals surface area contributed by atoms with E-state index in [-0.39, 0.29) is 12.6 Å². The molecule has 0 rings (SSSR count). The van der Waals surface area contributed by atoms with E-state index in [0.29, 0.717) is 6.61 Å². The number of ether oxygens (including phenoxy) is 1. The molecule has 0 aromatic carbocycles. The fraction of sp³-hybridized carbons (Fsp3) is 0.550. The summed E-state index contributed by atoms with van der Waals surface area (Å²) < 4.78 is 4.72. The topological polar surface area (TPSA) is 46.5 Å². The van der Waals surface area contributed by atoms with Crippen molar-refractivity contribution in [2.75, 3.05) is 13.2 Å². The van der Waals surface area contributed by atoms with E-state index >= 15 is 0 Å². The maximum absolute atomic E-state index is 10.5. The predicted molar refractivity (Wildman–Crippen MR) is 94.5 cm³/mol. The summed E-state index contributed by atoms with van der Waals surface area (Å²) in [6, 6.07) is 0. The van der Waals surface area contributed by atoms with E-state index in [4.69, 9.17) is 9.84 Å². The molecule has 126 valence electrons. The van der Waals surface area contributed by atoms with Crippen LogP contribution in [-0.2, 0) is 9.53 Å². The molecule has 0 aromatic heterocycles. The lowest BCUT2D eigenvalue weighted by molar-refractivity contribution is -0.139. The number of esters is 1. The molecule has 0 unspecified atom stereocenters. The molecule has 0 aliphatic rings. The van der Waals surface area contributed by atoms with Crippen LogP contribution in [0.5, 0.6) is 0 Å². The summed E-state index contributed by atoms with van der Waals surface area (Å²) in [5.74, 6) is 10.9. The van der Waals surface area contributed by atoms with E-state index in [1.165, 1.54) is 32.6 Å². The highest BCUT2D eigenvalue weighted by atomic mass is 16.5. The van der Waals surface area contributed by atoms with Gasteiger partial charge in [-0.1, -0.05) is 49.7 Å². The van der Waals surface area contributed by atoms with Gasteiger partial charge in [-0.3, -0.25) is 4.79 Å². The van der Waals surface area contributed by atoms with Gasteiger partial charge in [-0.15, -0.1) is 0 Å². The lowest BCUT2D eigenvalue weighted by Crippen LogP contribution is -1.96. The van der Waals surface area contributed by atoms with Gasteiger partial charge in [0, 0.05) is 20.0 Å². The van der Waals surface area contributed by atoms with E-state index in [1.807, 2.05) is 0 Å². The highest BCUT2D eigenvalue weighted by Gasteiger charge is 1.89. The third-order valence-electron chi connectivity index (χ3n) is 2.97. The SMILES string of the molecule is CC(=O)OC/C=C/C#CC#CC/C=C\CCCCCCCCO. The molecule has 0 aromatic rings. The Morgan fingerprint density at radius 2 is 1.74 bits per heavy atom. The Hall–Kier alpha value is -1.97. The molecule has 0 radical (unpaired) electrons. The average Bonchev–Trinajstić information content (AvgIpc) is 2.53. The molecular weight excluding hydrogens is 288 g/mol. The van der Waals surface area contributed by atoms with E-state index in [9.17, 15) is 4.79 Å². The summed E-state index contributed by atoms with van der Waals surface area (Å²) in [5.41, 5.74) is 0. The van der Waals surface area contributed by atoms with Crippen molar-refractivity contribution in [1.29, 1.82) is 0 Å². The van der Waals surface area contributed by atoms with Gasteiger partial charge in [0.05, 0.1) is 0 Å². The lowest BCUT2D eigenvalue weighted by Gasteiger charge is -1.98. The Balaban J connectivity index is 3.48. The Morgan fingerprint density at radius 3 is 2.48 bits per heavy atom. The zero-order chi connectivity index (χ0) is 17.0. The minimum Gasteiger partial charge on any atom is -0.462 e. The van der Waals surface area contributed by atoms with Gasteiger partial charge in [-0.2, -0.15) is 0 Å². The highest BCUT2D eigenvalue weighted by Crippen LogP contribution is 2.07. The largest absolute Gasteiger partial charge is 0.462 e. The van der Waals surface area contributed by atoms with Crippen molar-refractivity contribution in [2.45, 2.75) is 58.3 Å². The molecule has 0 aliphatic heterocycles. The summed E-state index contributed by atoms with van der Waals surface area (Å²) in [7, 11) is 0. The quantitative estimate of drug-likeness (QED) is 0.273. The molecule has 23 heavy (non-hydrogen) atoms. The number of hydrogen-bond acceptors (Lipinski definition) is 3. The highest BCUT2D eigenvalue weighted by molar-refractivity contribution is 5.66. The second kappa shape index (κ2) is 18.1. The first-order valence-corrected chi connectivity index (χ1v) is 8.30. The standard InChI is InChI=1S/C20H28O3/c1-20(22)23-19-17-15-13-11-9-7-5-3-2-4-6-8-10-12-14-16-18-21/h2-3,15,17,21H,4-6,8,10,12,14,16,18-19H2,1H3/b3-2-,17-15+. The molecule has 0 spiro atoms. The molecule has 0 heterocycles. The maximum Gasteiger partial charge on any atom is 0.302 e. The smallest absolute Gasteiger partial charge is 0.302 e. The molecule has 0 bridgehead atoms. The van der Waals surface area contributed by atoms with Gasteiger partial charge >= 0.3 is 5.97 Å². The number of carbonyl (C=O) groups excluding carboxylic acids is 1. The lowest BCUT2D eigenvalue weighted by atomic mass is 10.1. The van der Waals surface area contributed by atoms with Crippen molar-refractivity contribution >= 4 is 5.97 Å². The summed E-state index contributed by atoms with van der Waals surface area (Å²) in [6.45, 7) is 1.94. The summed E-state index contributed by atoms with van der Waals surface area (Å²) in [6.07, 6.45) is 16.4. The van der Waals surface area contributed by atoms with Crippen LogP contribution in [0.1, 0.15) is 58.3 Å². The van der Waals surface area contributed by atoms with Gasteiger partial charge in [-0.25, -0.2) is 0 Å². The van der Waals surface area contributed by atoms with Crippen molar-refractivity contribution in [2.24, 2.45) is 0 Å². The van der Waals surface area contributed by atoms with E-state index < -0.39 is 0 Å². The van der Waals surface area contributed by atoms with Crippen molar-refractivity contribution in [3.05, 3.63) is 24.3 Å². The fourth-order valence-corrected chi connectivity index (χ4v) is 1.79. The predicted octanol–water partition coefficient (Wildman–Crippen LogP) is 3.78. The first-order chi connectivity index (χ1) is 11.3. The molecule has 3 heteroatoms. The zero-order valence-electron chi connectivity index (χ0n) is 14.1. The van der Waals surface area contributed by atoms with Crippen molar-refractivity contribution in [3.63, 3.8) is 0 Å². The maximum atomic E-state index is 10.5. The second-order valence-corrected chi connectivity index (χ2v) is 5.09. The Bertz CT molecular complexity index is 467. The second-order valence-electron chi connectivity index (χ2n) is 5.09. The van der Waals surface area contributed by atoms with Crippen LogP contribution < -0.4 is 0 Å². The number of carbonyl (C=O) groups is 1. The number of allylic oxidation sites excluding steroid dienone is 3. The Morgan fingerprint density at radius 1 is 1.00 bits per heavy atom. The normalized spacial score (nSPS) is 10.2. The summed E-state index contributed by atoms with van der Waals surface area (Å²) >= 11 is 0. The van der Waals surface area contributed by atoms with E-state index in [0.717, 1.165) is 25.7 Å². The van der Waals surface area contributed by atoms with Crippen molar-refractivity contribution in [1.82, 2.24) is 0 Å². The Labute approximate surface area is 140 Å². The third kappa shape index (κ3) is 20.0. The minimum absolute atomic E-state index is 0.252.